The second kappa shape index (κ2) is 5.89. The quantitative estimate of drug-likeness (QED) is 0.768. The number of rotatable bonds is 3. The van der Waals surface area contributed by atoms with Crippen LogP contribution < -0.4 is 5.32 Å². The number of aliphatic hydroxyl groups is 1. The summed E-state index contributed by atoms with van der Waals surface area (Å²) in [6.45, 7) is 1.72. The van der Waals surface area contributed by atoms with Crippen molar-refractivity contribution in [2.24, 2.45) is 0 Å². The van der Waals surface area contributed by atoms with Gasteiger partial charge in [0.1, 0.15) is 5.76 Å². The van der Waals surface area contributed by atoms with Crippen LogP contribution >= 0.6 is 11.3 Å². The van der Waals surface area contributed by atoms with E-state index in [0.717, 1.165) is 16.0 Å². The van der Waals surface area contributed by atoms with Crippen LogP contribution in [-0.4, -0.2) is 22.1 Å². The molecule has 1 aliphatic carbocycles. The third-order valence-corrected chi connectivity index (χ3v) is 5.09. The number of aliphatic hydroxyl groups excluding tert-OH is 1. The molecule has 122 valence electrons. The van der Waals surface area contributed by atoms with Gasteiger partial charge in [0.25, 0.3) is 5.91 Å². The van der Waals surface area contributed by atoms with Crippen molar-refractivity contribution in [3.63, 3.8) is 0 Å². The van der Waals surface area contributed by atoms with E-state index in [4.69, 9.17) is 4.42 Å². The molecule has 2 heterocycles. The van der Waals surface area contributed by atoms with Gasteiger partial charge in [-0.1, -0.05) is 30.3 Å². The fourth-order valence-corrected chi connectivity index (χ4v) is 3.72. The van der Waals surface area contributed by atoms with Crippen molar-refractivity contribution in [2.75, 3.05) is 0 Å². The number of hydrogen-bond acceptors (Lipinski definition) is 5. The fraction of sp³-hybridized carbons (Fsp3) is 0.222. The summed E-state index contributed by atoms with van der Waals surface area (Å²) in [5, 5.41) is 15.1. The monoisotopic (exact) mass is 340 g/mol. The van der Waals surface area contributed by atoms with Crippen LogP contribution in [-0.2, 0) is 6.42 Å². The molecule has 5 nitrogen and oxygen atoms in total. The Morgan fingerprint density at radius 2 is 2.17 bits per heavy atom. The standard InChI is InChI=1S/C18H16N2O3S/c1-10-15(20-18(23-10)14-7-4-8-24-14)17(22)19-16-12-6-3-2-5-11(12)9-13(16)21/h2-8,13,16,21H,9H2,1H3,(H,19,22)/t13-,16+/m0/s1. The normalized spacial score (nSPS) is 19.2. The van der Waals surface area contributed by atoms with E-state index in [1.54, 1.807) is 6.92 Å². The van der Waals surface area contributed by atoms with Crippen LogP contribution in [0.5, 0.6) is 0 Å². The third kappa shape index (κ3) is 2.53. The van der Waals surface area contributed by atoms with E-state index in [1.165, 1.54) is 11.3 Å². The molecule has 0 saturated heterocycles. The molecule has 6 heteroatoms. The van der Waals surface area contributed by atoms with Gasteiger partial charge in [0.05, 0.1) is 17.0 Å². The maximum atomic E-state index is 12.6. The number of amides is 1. The number of nitrogens with one attached hydrogen (secondary N) is 1. The molecular formula is C18H16N2O3S. The summed E-state index contributed by atoms with van der Waals surface area (Å²) in [6.07, 6.45) is -0.0883. The zero-order valence-electron chi connectivity index (χ0n) is 13.0. The molecule has 2 N–H and O–H groups in total. The number of fused-ring (bicyclic) bond motifs is 1. The summed E-state index contributed by atoms with van der Waals surface area (Å²) in [4.78, 5) is 17.8. The van der Waals surface area contributed by atoms with Gasteiger partial charge in [-0.05, 0) is 29.5 Å². The molecule has 2 aromatic heterocycles. The molecule has 3 aromatic rings. The summed E-state index contributed by atoms with van der Waals surface area (Å²) in [6, 6.07) is 11.1. The molecule has 4 rings (SSSR count). The highest BCUT2D eigenvalue weighted by molar-refractivity contribution is 7.13. The highest BCUT2D eigenvalue weighted by Crippen LogP contribution is 2.32. The minimum absolute atomic E-state index is 0.259. The summed E-state index contributed by atoms with van der Waals surface area (Å²) < 4.78 is 5.62. The summed E-state index contributed by atoms with van der Waals surface area (Å²) in [7, 11) is 0. The lowest BCUT2D eigenvalue weighted by Crippen LogP contribution is -2.34. The van der Waals surface area contributed by atoms with Crippen molar-refractivity contribution in [2.45, 2.75) is 25.5 Å². The number of aryl methyl sites for hydroxylation is 1. The van der Waals surface area contributed by atoms with Gasteiger partial charge in [0.15, 0.2) is 5.69 Å². The number of carbonyl (C=O) groups is 1. The van der Waals surface area contributed by atoms with Crippen molar-refractivity contribution in [1.82, 2.24) is 10.3 Å². The van der Waals surface area contributed by atoms with Crippen molar-refractivity contribution < 1.29 is 14.3 Å². The minimum atomic E-state index is -0.629. The average molecular weight is 340 g/mol. The first-order valence-electron chi connectivity index (χ1n) is 7.71. The second-order valence-corrected chi connectivity index (χ2v) is 6.77. The van der Waals surface area contributed by atoms with E-state index < -0.39 is 12.1 Å². The molecule has 2 atom stereocenters. The maximum Gasteiger partial charge on any atom is 0.274 e. The van der Waals surface area contributed by atoms with Crippen LogP contribution in [0.15, 0.2) is 46.2 Å². The van der Waals surface area contributed by atoms with Crippen LogP contribution in [0, 0.1) is 6.92 Å². The Hall–Kier alpha value is -2.44. The molecule has 0 bridgehead atoms. The predicted molar refractivity (Wildman–Crippen MR) is 90.9 cm³/mol. The molecule has 1 amide bonds. The number of aromatic nitrogens is 1. The average Bonchev–Trinajstić information content (AvgIpc) is 3.27. The van der Waals surface area contributed by atoms with Gasteiger partial charge in [-0.25, -0.2) is 4.98 Å². The molecule has 0 radical (unpaired) electrons. The summed E-state index contributed by atoms with van der Waals surface area (Å²) in [5.74, 6) is 0.580. The topological polar surface area (TPSA) is 75.4 Å². The number of oxazole rings is 1. The fourth-order valence-electron chi connectivity index (χ4n) is 3.07. The van der Waals surface area contributed by atoms with Gasteiger partial charge in [0, 0.05) is 6.42 Å². The minimum Gasteiger partial charge on any atom is -0.440 e. The van der Waals surface area contributed by atoms with Gasteiger partial charge < -0.3 is 14.8 Å². The van der Waals surface area contributed by atoms with Gasteiger partial charge in [-0.15, -0.1) is 11.3 Å². The Bertz CT molecular complexity index is 886. The molecule has 0 aliphatic heterocycles. The van der Waals surface area contributed by atoms with E-state index in [0.29, 0.717) is 18.1 Å². The highest BCUT2D eigenvalue weighted by Gasteiger charge is 2.33. The lowest BCUT2D eigenvalue weighted by Gasteiger charge is -2.17. The highest BCUT2D eigenvalue weighted by atomic mass is 32.1. The van der Waals surface area contributed by atoms with E-state index >= 15 is 0 Å². The molecule has 0 saturated carbocycles. The number of thiophene rings is 1. The number of benzene rings is 1. The van der Waals surface area contributed by atoms with Crippen LogP contribution in [0.4, 0.5) is 0 Å². The van der Waals surface area contributed by atoms with Crippen LogP contribution in [0.3, 0.4) is 0 Å². The SMILES string of the molecule is Cc1oc(-c2cccs2)nc1C(=O)N[C@@H]1c2ccccc2C[C@@H]1O. The molecule has 0 fully saturated rings. The lowest BCUT2D eigenvalue weighted by molar-refractivity contribution is 0.0852. The van der Waals surface area contributed by atoms with E-state index in [9.17, 15) is 9.90 Å². The maximum absolute atomic E-state index is 12.6. The van der Waals surface area contributed by atoms with Crippen molar-refractivity contribution in [3.8, 4) is 10.8 Å². The Kier molecular flexibility index (Phi) is 3.70. The Morgan fingerprint density at radius 3 is 2.96 bits per heavy atom. The van der Waals surface area contributed by atoms with Gasteiger partial charge in [-0.2, -0.15) is 0 Å². The van der Waals surface area contributed by atoms with E-state index in [-0.39, 0.29) is 11.6 Å². The molecule has 1 aromatic carbocycles. The molecular weight excluding hydrogens is 324 g/mol. The number of carbonyl (C=O) groups excluding carboxylic acids is 1. The third-order valence-electron chi connectivity index (χ3n) is 4.23. The number of nitrogens with zero attached hydrogens (tertiary/aromatic N) is 1. The smallest absolute Gasteiger partial charge is 0.274 e. The van der Waals surface area contributed by atoms with Crippen molar-refractivity contribution in [1.29, 1.82) is 0 Å². The molecule has 24 heavy (non-hydrogen) atoms. The Labute approximate surface area is 143 Å². The van der Waals surface area contributed by atoms with Crippen LogP contribution in [0.25, 0.3) is 10.8 Å². The first-order chi connectivity index (χ1) is 11.6. The zero-order valence-corrected chi connectivity index (χ0v) is 13.8. The van der Waals surface area contributed by atoms with Crippen LogP contribution in [0.2, 0.25) is 0 Å². The largest absolute Gasteiger partial charge is 0.440 e. The van der Waals surface area contributed by atoms with Gasteiger partial charge in [0.2, 0.25) is 5.89 Å². The zero-order chi connectivity index (χ0) is 16.7. The first-order valence-corrected chi connectivity index (χ1v) is 8.59. The number of hydrogen-bond donors (Lipinski definition) is 2. The Morgan fingerprint density at radius 1 is 1.33 bits per heavy atom. The second-order valence-electron chi connectivity index (χ2n) is 5.82. The lowest BCUT2D eigenvalue weighted by atomic mass is 10.1. The van der Waals surface area contributed by atoms with Crippen LogP contribution in [0.1, 0.15) is 33.4 Å². The molecule has 0 unspecified atom stereocenters. The summed E-state index contributed by atoms with van der Waals surface area (Å²) in [5.41, 5.74) is 2.28. The van der Waals surface area contributed by atoms with Gasteiger partial charge >= 0.3 is 0 Å². The van der Waals surface area contributed by atoms with Crippen molar-refractivity contribution >= 4 is 17.2 Å². The van der Waals surface area contributed by atoms with E-state index in [1.807, 2.05) is 41.8 Å². The summed E-state index contributed by atoms with van der Waals surface area (Å²) >= 11 is 1.51. The molecule has 1 aliphatic rings. The predicted octanol–water partition coefficient (Wildman–Crippen LogP) is 3.10. The Balaban J connectivity index is 1.59. The molecule has 0 spiro atoms. The first kappa shape index (κ1) is 15.1. The van der Waals surface area contributed by atoms with E-state index in [2.05, 4.69) is 10.3 Å². The van der Waals surface area contributed by atoms with Crippen molar-refractivity contribution in [3.05, 3.63) is 64.4 Å². The van der Waals surface area contributed by atoms with Gasteiger partial charge in [-0.3, -0.25) is 4.79 Å².